The van der Waals surface area contributed by atoms with Crippen LogP contribution in [0.4, 0.5) is 0 Å². The molecule has 222 valence electrons. The number of Topliss-reactive ketones (excluding diaryl/α,β-unsaturated/α-hetero) is 1. The average molecular weight is 615 g/mol. The third-order valence-corrected chi connectivity index (χ3v) is 8.04. The van der Waals surface area contributed by atoms with Gasteiger partial charge in [0.15, 0.2) is 11.6 Å². The van der Waals surface area contributed by atoms with Gasteiger partial charge in [-0.1, -0.05) is 54.4 Å². The Kier molecular flexibility index (Phi) is 10.6. The zero-order valence-corrected chi connectivity index (χ0v) is 24.9. The lowest BCUT2D eigenvalue weighted by Gasteiger charge is -2.30. The molecule has 0 saturated carbocycles. The zero-order chi connectivity index (χ0) is 30.2. The van der Waals surface area contributed by atoms with Gasteiger partial charge in [0.2, 0.25) is 11.8 Å². The molecule has 4 rings (SSSR count). The van der Waals surface area contributed by atoms with Gasteiger partial charge in [-0.05, 0) is 72.9 Å². The van der Waals surface area contributed by atoms with Crippen molar-refractivity contribution in [1.29, 1.82) is 0 Å². The maximum absolute atomic E-state index is 13.4. The summed E-state index contributed by atoms with van der Waals surface area (Å²) >= 11 is 12.6. The number of hydrogen-bond donors (Lipinski definition) is 2. The van der Waals surface area contributed by atoms with Gasteiger partial charge in [-0.3, -0.25) is 19.2 Å². The van der Waals surface area contributed by atoms with Crippen molar-refractivity contribution in [3.8, 4) is 0 Å². The van der Waals surface area contributed by atoms with Gasteiger partial charge in [-0.15, -0.1) is 5.10 Å². The summed E-state index contributed by atoms with van der Waals surface area (Å²) in [5.41, 5.74) is 1.09. The molecule has 1 fully saturated rings. The molecule has 13 heteroatoms. The van der Waals surface area contributed by atoms with Gasteiger partial charge < -0.3 is 15.5 Å². The van der Waals surface area contributed by atoms with Gasteiger partial charge in [0.05, 0.1) is 6.04 Å². The Morgan fingerprint density at radius 3 is 2.45 bits per heavy atom. The van der Waals surface area contributed by atoms with E-state index >= 15 is 0 Å². The minimum atomic E-state index is -0.848. The van der Waals surface area contributed by atoms with Crippen molar-refractivity contribution in [2.24, 2.45) is 0 Å². The highest BCUT2D eigenvalue weighted by atomic mass is 35.5. The van der Waals surface area contributed by atoms with Gasteiger partial charge in [0.1, 0.15) is 18.6 Å². The number of hydrogen-bond acceptors (Lipinski definition) is 7. The van der Waals surface area contributed by atoms with Gasteiger partial charge in [-0.2, -0.15) is 0 Å². The molecule has 11 nitrogen and oxygen atoms in total. The number of nitrogens with one attached hydrogen (secondary N) is 2. The first kappa shape index (κ1) is 31.1. The molecule has 0 radical (unpaired) electrons. The summed E-state index contributed by atoms with van der Waals surface area (Å²) in [5.74, 6) is -1.03. The van der Waals surface area contributed by atoms with Gasteiger partial charge >= 0.3 is 0 Å². The average Bonchev–Trinajstić information content (AvgIpc) is 3.34. The van der Waals surface area contributed by atoms with Crippen molar-refractivity contribution < 1.29 is 19.2 Å². The summed E-state index contributed by atoms with van der Waals surface area (Å²) in [6.45, 7) is 3.60. The standard InChI is InChI=1S/C29H33Cl2N7O4/c1-3-23(25(39)17-38-26(34-35-36-38)16-20-21(30)12-9-13-22(20)31)32-27(40)18(2)37-15-8-7-14-24(29(37)42)33-28(41)19-10-5-4-6-11-19/h4-6,9-13,18,23-24H,3,7-8,14-17H2,1-2H3,(H,32,40)(H,33,41). The van der Waals surface area contributed by atoms with Crippen molar-refractivity contribution in [2.45, 2.75) is 70.6 Å². The summed E-state index contributed by atoms with van der Waals surface area (Å²) in [6, 6.07) is 11.4. The van der Waals surface area contributed by atoms with Crippen LogP contribution in [0.15, 0.2) is 48.5 Å². The van der Waals surface area contributed by atoms with Crippen LogP contribution in [0.1, 0.15) is 61.3 Å². The number of ketones is 1. The third kappa shape index (κ3) is 7.51. The number of carbonyl (C=O) groups is 4. The topological polar surface area (TPSA) is 139 Å². The molecule has 1 saturated heterocycles. The summed E-state index contributed by atoms with van der Waals surface area (Å²) < 4.78 is 1.36. The van der Waals surface area contributed by atoms with Crippen LogP contribution in [0.2, 0.25) is 10.0 Å². The van der Waals surface area contributed by atoms with E-state index in [1.54, 1.807) is 56.3 Å². The Morgan fingerprint density at radius 2 is 1.76 bits per heavy atom. The first-order chi connectivity index (χ1) is 20.2. The molecule has 42 heavy (non-hydrogen) atoms. The number of rotatable bonds is 11. The first-order valence-electron chi connectivity index (χ1n) is 13.9. The lowest BCUT2D eigenvalue weighted by Crippen LogP contribution is -2.56. The number of nitrogens with zero attached hydrogens (tertiary/aromatic N) is 5. The summed E-state index contributed by atoms with van der Waals surface area (Å²) in [6.07, 6.45) is 2.44. The molecule has 2 N–H and O–H groups in total. The van der Waals surface area contributed by atoms with Crippen LogP contribution in [0.5, 0.6) is 0 Å². The summed E-state index contributed by atoms with van der Waals surface area (Å²) in [7, 11) is 0. The second kappa shape index (κ2) is 14.4. The minimum absolute atomic E-state index is 0.173. The highest BCUT2D eigenvalue weighted by molar-refractivity contribution is 6.36. The summed E-state index contributed by atoms with van der Waals surface area (Å²) in [4.78, 5) is 54.1. The van der Waals surface area contributed by atoms with Crippen LogP contribution in [0.3, 0.4) is 0 Å². The zero-order valence-electron chi connectivity index (χ0n) is 23.4. The SMILES string of the molecule is CCC(NC(=O)C(C)N1CCCCC(NC(=O)c2ccccc2)C1=O)C(=O)Cn1nnnc1Cc1c(Cl)cccc1Cl. The predicted molar refractivity (Wildman–Crippen MR) is 157 cm³/mol. The fourth-order valence-electron chi connectivity index (χ4n) is 4.85. The van der Waals surface area contributed by atoms with E-state index in [4.69, 9.17) is 23.2 Å². The van der Waals surface area contributed by atoms with Crippen LogP contribution in [-0.4, -0.2) is 73.3 Å². The smallest absolute Gasteiger partial charge is 0.251 e. The molecule has 0 spiro atoms. The molecule has 3 atom stereocenters. The molecule has 1 aliphatic heterocycles. The predicted octanol–water partition coefficient (Wildman–Crippen LogP) is 3.23. The number of tetrazole rings is 1. The van der Waals surface area contributed by atoms with E-state index in [9.17, 15) is 19.2 Å². The number of aromatic nitrogens is 4. The number of halogens is 2. The molecule has 3 aromatic rings. The van der Waals surface area contributed by atoms with Crippen LogP contribution < -0.4 is 10.6 Å². The summed E-state index contributed by atoms with van der Waals surface area (Å²) in [5, 5.41) is 18.2. The highest BCUT2D eigenvalue weighted by Gasteiger charge is 2.35. The maximum Gasteiger partial charge on any atom is 0.251 e. The molecule has 3 amide bonds. The van der Waals surface area contributed by atoms with Crippen molar-refractivity contribution in [3.05, 3.63) is 75.5 Å². The van der Waals surface area contributed by atoms with E-state index in [2.05, 4.69) is 26.2 Å². The molecular formula is C29H33Cl2N7O4. The minimum Gasteiger partial charge on any atom is -0.344 e. The highest BCUT2D eigenvalue weighted by Crippen LogP contribution is 2.26. The fraction of sp³-hybridized carbons (Fsp3) is 0.414. The molecule has 3 unspecified atom stereocenters. The largest absolute Gasteiger partial charge is 0.344 e. The Balaban J connectivity index is 1.39. The second-order valence-electron chi connectivity index (χ2n) is 10.2. The van der Waals surface area contributed by atoms with Crippen LogP contribution in [-0.2, 0) is 27.3 Å². The Morgan fingerprint density at radius 1 is 1.05 bits per heavy atom. The van der Waals surface area contributed by atoms with E-state index < -0.39 is 24.0 Å². The van der Waals surface area contributed by atoms with Crippen molar-refractivity contribution >= 4 is 46.7 Å². The quantitative estimate of drug-likeness (QED) is 0.338. The van der Waals surface area contributed by atoms with E-state index in [0.29, 0.717) is 52.8 Å². The van der Waals surface area contributed by atoms with E-state index in [-0.39, 0.29) is 30.6 Å². The van der Waals surface area contributed by atoms with E-state index in [0.717, 1.165) is 6.42 Å². The molecule has 1 aliphatic rings. The fourth-order valence-corrected chi connectivity index (χ4v) is 5.38. The lowest BCUT2D eigenvalue weighted by molar-refractivity contribution is -0.141. The molecule has 2 heterocycles. The third-order valence-electron chi connectivity index (χ3n) is 7.33. The molecule has 0 aliphatic carbocycles. The Labute approximate surface area is 253 Å². The molecular weight excluding hydrogens is 581 g/mol. The monoisotopic (exact) mass is 613 g/mol. The Hall–Kier alpha value is -3.83. The molecule has 0 bridgehead atoms. The van der Waals surface area contributed by atoms with Crippen molar-refractivity contribution in [3.63, 3.8) is 0 Å². The lowest BCUT2D eigenvalue weighted by atomic mass is 10.1. The first-order valence-corrected chi connectivity index (χ1v) is 14.6. The number of benzene rings is 2. The van der Waals surface area contributed by atoms with Crippen molar-refractivity contribution in [2.75, 3.05) is 6.54 Å². The maximum atomic E-state index is 13.4. The van der Waals surface area contributed by atoms with Crippen LogP contribution >= 0.6 is 23.2 Å². The molecule has 1 aromatic heterocycles. The van der Waals surface area contributed by atoms with Crippen molar-refractivity contribution in [1.82, 2.24) is 35.7 Å². The number of amides is 3. The normalized spacial score (nSPS) is 16.8. The second-order valence-corrected chi connectivity index (χ2v) is 11.0. The van der Waals surface area contributed by atoms with Crippen LogP contribution in [0.25, 0.3) is 0 Å². The van der Waals surface area contributed by atoms with Gasteiger partial charge in [-0.25, -0.2) is 4.68 Å². The number of likely N-dealkylation sites (tertiary alicyclic amines) is 1. The van der Waals surface area contributed by atoms with Gasteiger partial charge in [0.25, 0.3) is 5.91 Å². The Bertz CT molecular complexity index is 1410. The molecule has 2 aromatic carbocycles. The van der Waals surface area contributed by atoms with Crippen LogP contribution in [0, 0.1) is 0 Å². The van der Waals surface area contributed by atoms with E-state index in [1.165, 1.54) is 9.58 Å². The van der Waals surface area contributed by atoms with Gasteiger partial charge in [0, 0.05) is 28.6 Å². The van der Waals surface area contributed by atoms with E-state index in [1.807, 2.05) is 6.07 Å². The number of carbonyl (C=O) groups excluding carboxylic acids is 4.